The van der Waals surface area contributed by atoms with Crippen molar-refractivity contribution >= 4 is 33.6 Å². The lowest BCUT2D eigenvalue weighted by Gasteiger charge is -2.04. The van der Waals surface area contributed by atoms with E-state index in [0.717, 1.165) is 11.2 Å². The summed E-state index contributed by atoms with van der Waals surface area (Å²) in [5.41, 5.74) is 3.36. The van der Waals surface area contributed by atoms with Crippen LogP contribution >= 0.6 is 22.6 Å². The SMILES string of the molecule is Ic1cccc2ncn(-c3ccccc3)c12. The highest BCUT2D eigenvalue weighted by Gasteiger charge is 2.06. The highest BCUT2D eigenvalue weighted by Crippen LogP contribution is 2.22. The molecule has 3 heteroatoms. The van der Waals surface area contributed by atoms with Gasteiger partial charge >= 0.3 is 0 Å². The predicted octanol–water partition coefficient (Wildman–Crippen LogP) is 3.63. The molecular weight excluding hydrogens is 311 g/mol. The third-order valence-electron chi connectivity index (χ3n) is 2.55. The smallest absolute Gasteiger partial charge is 0.100 e. The van der Waals surface area contributed by atoms with Gasteiger partial charge in [-0.05, 0) is 46.9 Å². The summed E-state index contributed by atoms with van der Waals surface area (Å²) in [6, 6.07) is 16.4. The van der Waals surface area contributed by atoms with E-state index >= 15 is 0 Å². The average Bonchev–Trinajstić information content (AvgIpc) is 2.75. The van der Waals surface area contributed by atoms with E-state index in [2.05, 4.69) is 50.3 Å². The zero-order valence-corrected chi connectivity index (χ0v) is 10.6. The summed E-state index contributed by atoms with van der Waals surface area (Å²) in [5, 5.41) is 0. The van der Waals surface area contributed by atoms with Crippen molar-refractivity contribution in [3.8, 4) is 5.69 Å². The fraction of sp³-hybridized carbons (Fsp3) is 0. The molecule has 0 aliphatic heterocycles. The number of rotatable bonds is 1. The fourth-order valence-electron chi connectivity index (χ4n) is 1.81. The van der Waals surface area contributed by atoms with Crippen LogP contribution in [0.3, 0.4) is 0 Å². The maximum atomic E-state index is 4.41. The van der Waals surface area contributed by atoms with Crippen molar-refractivity contribution in [3.63, 3.8) is 0 Å². The number of imidazole rings is 1. The van der Waals surface area contributed by atoms with Gasteiger partial charge in [-0.1, -0.05) is 24.3 Å². The van der Waals surface area contributed by atoms with Crippen LogP contribution in [0.15, 0.2) is 54.9 Å². The molecule has 2 aromatic carbocycles. The van der Waals surface area contributed by atoms with Gasteiger partial charge in [-0.25, -0.2) is 4.98 Å². The maximum Gasteiger partial charge on any atom is 0.100 e. The van der Waals surface area contributed by atoms with Gasteiger partial charge in [0.15, 0.2) is 0 Å². The Morgan fingerprint density at radius 2 is 1.75 bits per heavy atom. The van der Waals surface area contributed by atoms with E-state index in [1.807, 2.05) is 36.7 Å². The van der Waals surface area contributed by atoms with Gasteiger partial charge in [-0.15, -0.1) is 0 Å². The standard InChI is InChI=1S/C13H9IN2/c14-11-7-4-8-12-13(11)16(9-15-12)10-5-2-1-3-6-10/h1-9H. The molecule has 3 aromatic rings. The van der Waals surface area contributed by atoms with E-state index in [-0.39, 0.29) is 0 Å². The summed E-state index contributed by atoms with van der Waals surface area (Å²) in [7, 11) is 0. The van der Waals surface area contributed by atoms with Crippen LogP contribution in [0.2, 0.25) is 0 Å². The summed E-state index contributed by atoms with van der Waals surface area (Å²) in [4.78, 5) is 4.41. The number of fused-ring (bicyclic) bond motifs is 1. The van der Waals surface area contributed by atoms with Gasteiger partial charge in [0.25, 0.3) is 0 Å². The molecule has 0 saturated heterocycles. The summed E-state index contributed by atoms with van der Waals surface area (Å²) >= 11 is 2.35. The number of hydrogen-bond donors (Lipinski definition) is 0. The fourth-order valence-corrected chi connectivity index (χ4v) is 2.55. The lowest BCUT2D eigenvalue weighted by Crippen LogP contribution is -1.92. The molecule has 0 radical (unpaired) electrons. The Balaban J connectivity index is 2.33. The highest BCUT2D eigenvalue weighted by molar-refractivity contribution is 14.1. The Kier molecular flexibility index (Phi) is 2.40. The minimum Gasteiger partial charge on any atom is -0.298 e. The lowest BCUT2D eigenvalue weighted by atomic mass is 10.3. The molecule has 0 bridgehead atoms. The van der Waals surface area contributed by atoms with Crippen LogP contribution in [-0.4, -0.2) is 9.55 Å². The van der Waals surface area contributed by atoms with Crippen LogP contribution in [0.5, 0.6) is 0 Å². The van der Waals surface area contributed by atoms with Crippen LogP contribution in [0.4, 0.5) is 0 Å². The van der Waals surface area contributed by atoms with E-state index in [4.69, 9.17) is 0 Å². The van der Waals surface area contributed by atoms with E-state index in [1.165, 1.54) is 9.09 Å². The van der Waals surface area contributed by atoms with Crippen molar-refractivity contribution in [2.75, 3.05) is 0 Å². The molecule has 0 fully saturated rings. The number of nitrogens with zero attached hydrogens (tertiary/aromatic N) is 2. The molecule has 0 saturated carbocycles. The summed E-state index contributed by atoms with van der Waals surface area (Å²) in [6.07, 6.45) is 1.88. The van der Waals surface area contributed by atoms with Gasteiger partial charge in [-0.2, -0.15) is 0 Å². The van der Waals surface area contributed by atoms with E-state index in [1.54, 1.807) is 0 Å². The van der Waals surface area contributed by atoms with Gasteiger partial charge in [0.05, 0.1) is 11.0 Å². The maximum absolute atomic E-state index is 4.41. The first kappa shape index (κ1) is 9.84. The second kappa shape index (κ2) is 3.90. The molecule has 78 valence electrons. The van der Waals surface area contributed by atoms with Crippen LogP contribution < -0.4 is 0 Å². The number of para-hydroxylation sites is 2. The molecule has 2 nitrogen and oxygen atoms in total. The Bertz CT molecular complexity index is 629. The Morgan fingerprint density at radius 3 is 2.56 bits per heavy atom. The summed E-state index contributed by atoms with van der Waals surface area (Å²) < 4.78 is 3.34. The number of aromatic nitrogens is 2. The van der Waals surface area contributed by atoms with Gasteiger partial charge in [0.2, 0.25) is 0 Å². The molecule has 0 aliphatic carbocycles. The highest BCUT2D eigenvalue weighted by atomic mass is 127. The molecule has 1 aromatic heterocycles. The monoisotopic (exact) mass is 320 g/mol. The molecule has 0 amide bonds. The number of halogens is 1. The largest absolute Gasteiger partial charge is 0.298 e. The molecule has 0 unspecified atom stereocenters. The normalized spacial score (nSPS) is 10.8. The first-order chi connectivity index (χ1) is 7.86. The molecule has 1 heterocycles. The Morgan fingerprint density at radius 1 is 0.938 bits per heavy atom. The molecular formula is C13H9IN2. The zero-order valence-electron chi connectivity index (χ0n) is 8.47. The first-order valence-corrected chi connectivity index (χ1v) is 6.11. The van der Waals surface area contributed by atoms with E-state index in [0.29, 0.717) is 0 Å². The molecule has 16 heavy (non-hydrogen) atoms. The molecule has 0 spiro atoms. The topological polar surface area (TPSA) is 17.8 Å². The second-order valence-corrected chi connectivity index (χ2v) is 4.72. The van der Waals surface area contributed by atoms with Crippen LogP contribution in [0.25, 0.3) is 16.7 Å². The van der Waals surface area contributed by atoms with Gasteiger partial charge < -0.3 is 0 Å². The van der Waals surface area contributed by atoms with E-state index in [9.17, 15) is 0 Å². The first-order valence-electron chi connectivity index (χ1n) is 5.03. The van der Waals surface area contributed by atoms with Crippen molar-refractivity contribution in [1.82, 2.24) is 9.55 Å². The quantitative estimate of drug-likeness (QED) is 0.626. The molecule has 0 N–H and O–H groups in total. The third-order valence-corrected chi connectivity index (χ3v) is 3.42. The molecule has 3 rings (SSSR count). The van der Waals surface area contributed by atoms with Crippen molar-refractivity contribution in [1.29, 1.82) is 0 Å². The molecule has 0 atom stereocenters. The average molecular weight is 320 g/mol. The summed E-state index contributed by atoms with van der Waals surface area (Å²) in [5.74, 6) is 0. The second-order valence-electron chi connectivity index (χ2n) is 3.56. The van der Waals surface area contributed by atoms with Crippen molar-refractivity contribution in [3.05, 3.63) is 58.4 Å². The van der Waals surface area contributed by atoms with Crippen LogP contribution in [0.1, 0.15) is 0 Å². The van der Waals surface area contributed by atoms with Gasteiger partial charge in [0.1, 0.15) is 6.33 Å². The minimum atomic E-state index is 1.04. The van der Waals surface area contributed by atoms with Crippen molar-refractivity contribution < 1.29 is 0 Å². The third kappa shape index (κ3) is 1.51. The van der Waals surface area contributed by atoms with Crippen LogP contribution in [-0.2, 0) is 0 Å². The van der Waals surface area contributed by atoms with Crippen molar-refractivity contribution in [2.45, 2.75) is 0 Å². The number of hydrogen-bond acceptors (Lipinski definition) is 1. The minimum absolute atomic E-state index is 1.04. The van der Waals surface area contributed by atoms with Crippen molar-refractivity contribution in [2.24, 2.45) is 0 Å². The van der Waals surface area contributed by atoms with E-state index < -0.39 is 0 Å². The lowest BCUT2D eigenvalue weighted by molar-refractivity contribution is 1.09. The number of benzene rings is 2. The zero-order chi connectivity index (χ0) is 11.0. The summed E-state index contributed by atoms with van der Waals surface area (Å²) in [6.45, 7) is 0. The Labute approximate surface area is 107 Å². The van der Waals surface area contributed by atoms with Crippen LogP contribution in [0, 0.1) is 3.57 Å². The van der Waals surface area contributed by atoms with Gasteiger partial charge in [0, 0.05) is 9.26 Å². The molecule has 0 aliphatic rings. The predicted molar refractivity (Wildman–Crippen MR) is 73.8 cm³/mol. The Hall–Kier alpha value is -1.36. The van der Waals surface area contributed by atoms with Gasteiger partial charge in [-0.3, -0.25) is 4.57 Å².